The van der Waals surface area contributed by atoms with Crippen molar-refractivity contribution in [3.63, 3.8) is 0 Å². The van der Waals surface area contributed by atoms with Crippen LogP contribution in [0, 0.1) is 5.41 Å². The number of carboxylic acids is 1. The van der Waals surface area contributed by atoms with Crippen molar-refractivity contribution in [3.05, 3.63) is 48.0 Å². The lowest BCUT2D eigenvalue weighted by molar-refractivity contribution is -0.139. The largest absolute Gasteiger partial charge is 0.481 e. The number of thioether (sulfide) groups is 1. The molecular weight excluding hydrogens is 466 g/mol. The van der Waals surface area contributed by atoms with Crippen molar-refractivity contribution in [2.75, 3.05) is 18.1 Å². The van der Waals surface area contributed by atoms with Crippen molar-refractivity contribution in [2.24, 2.45) is 5.41 Å². The van der Waals surface area contributed by atoms with E-state index in [1.807, 2.05) is 36.6 Å². The Morgan fingerprint density at radius 2 is 1.80 bits per heavy atom. The maximum absolute atomic E-state index is 13.5. The van der Waals surface area contributed by atoms with Gasteiger partial charge in [-0.1, -0.05) is 32.0 Å². The average Bonchev–Trinajstić information content (AvgIpc) is 3.17. The lowest BCUT2D eigenvalue weighted by Gasteiger charge is -2.23. The molecule has 184 valence electrons. The Kier molecular flexibility index (Phi) is 6.89. The molecule has 1 saturated heterocycles. The second kappa shape index (κ2) is 9.73. The number of rotatable bonds is 7. The SMILES string of the molecule is CSc1ccc(-c2ccc3c(c2)C(=O)N2C[C@H](NC(=O)CC(C)(C)CC(=O)O)C[C@@H]2C(=O)N3)cc1. The predicted octanol–water partition coefficient (Wildman–Crippen LogP) is 3.62. The van der Waals surface area contributed by atoms with Gasteiger partial charge in [0.2, 0.25) is 11.8 Å². The molecule has 9 heteroatoms. The van der Waals surface area contributed by atoms with Gasteiger partial charge in [-0.3, -0.25) is 19.2 Å². The highest BCUT2D eigenvalue weighted by atomic mass is 32.2. The number of carboxylic acid groups (broad SMARTS) is 1. The second-order valence-corrected chi connectivity index (χ2v) is 10.7. The highest BCUT2D eigenvalue weighted by Gasteiger charge is 2.43. The molecule has 2 aromatic carbocycles. The topological polar surface area (TPSA) is 116 Å². The maximum atomic E-state index is 13.5. The van der Waals surface area contributed by atoms with E-state index in [1.165, 1.54) is 4.90 Å². The smallest absolute Gasteiger partial charge is 0.303 e. The van der Waals surface area contributed by atoms with Crippen molar-refractivity contribution in [1.29, 1.82) is 0 Å². The molecular formula is C26H29N3O5S. The van der Waals surface area contributed by atoms with Crippen LogP contribution in [0.3, 0.4) is 0 Å². The van der Waals surface area contributed by atoms with Gasteiger partial charge in [0.25, 0.3) is 5.91 Å². The fraction of sp³-hybridized carbons (Fsp3) is 0.385. The normalized spacial score (nSPS) is 19.5. The maximum Gasteiger partial charge on any atom is 0.303 e. The zero-order chi connectivity index (χ0) is 25.3. The van der Waals surface area contributed by atoms with Gasteiger partial charge >= 0.3 is 5.97 Å². The van der Waals surface area contributed by atoms with Crippen LogP contribution in [0.5, 0.6) is 0 Å². The average molecular weight is 496 g/mol. The van der Waals surface area contributed by atoms with Gasteiger partial charge in [-0.05, 0) is 53.5 Å². The van der Waals surface area contributed by atoms with Gasteiger partial charge < -0.3 is 20.6 Å². The van der Waals surface area contributed by atoms with Gasteiger partial charge in [-0.2, -0.15) is 0 Å². The highest BCUT2D eigenvalue weighted by Crippen LogP contribution is 2.33. The number of carbonyl (C=O) groups is 4. The van der Waals surface area contributed by atoms with E-state index in [2.05, 4.69) is 10.6 Å². The number of carbonyl (C=O) groups excluding carboxylic acids is 3. The van der Waals surface area contributed by atoms with Crippen LogP contribution in [-0.2, 0) is 14.4 Å². The molecule has 2 aliphatic heterocycles. The number of nitrogens with zero attached hydrogens (tertiary/aromatic N) is 1. The molecule has 2 aliphatic rings. The summed E-state index contributed by atoms with van der Waals surface area (Å²) in [7, 11) is 0. The van der Waals surface area contributed by atoms with Crippen LogP contribution < -0.4 is 10.6 Å². The van der Waals surface area contributed by atoms with E-state index in [4.69, 9.17) is 5.11 Å². The van der Waals surface area contributed by atoms with E-state index in [1.54, 1.807) is 37.7 Å². The summed E-state index contributed by atoms with van der Waals surface area (Å²) in [5, 5.41) is 14.8. The van der Waals surface area contributed by atoms with Crippen LogP contribution in [0.4, 0.5) is 5.69 Å². The van der Waals surface area contributed by atoms with Crippen molar-refractivity contribution in [1.82, 2.24) is 10.2 Å². The van der Waals surface area contributed by atoms with E-state index < -0.39 is 17.4 Å². The summed E-state index contributed by atoms with van der Waals surface area (Å²) in [4.78, 5) is 52.7. The first-order valence-electron chi connectivity index (χ1n) is 11.5. The number of fused-ring (bicyclic) bond motifs is 2. The van der Waals surface area contributed by atoms with Gasteiger partial charge in [0.1, 0.15) is 6.04 Å². The van der Waals surface area contributed by atoms with Gasteiger partial charge in [0, 0.05) is 23.9 Å². The molecule has 1 fully saturated rings. The van der Waals surface area contributed by atoms with Gasteiger partial charge in [-0.15, -0.1) is 11.8 Å². The van der Waals surface area contributed by atoms with E-state index in [9.17, 15) is 19.2 Å². The standard InChI is InChI=1S/C26H29N3O5S/c1-26(2,13-23(31)32)12-22(30)27-17-11-21-24(33)28-20-9-6-16(10-19(20)25(34)29(21)14-17)15-4-7-18(35-3)8-5-15/h4-10,17,21H,11-14H2,1-3H3,(H,27,30)(H,28,33)(H,31,32)/t17-,21-/m1/s1. The third kappa shape index (κ3) is 5.51. The molecule has 3 N–H and O–H groups in total. The molecule has 0 saturated carbocycles. The van der Waals surface area contributed by atoms with Crippen LogP contribution in [-0.4, -0.2) is 58.6 Å². The molecule has 2 atom stereocenters. The Hall–Kier alpha value is -3.33. The number of anilines is 1. The summed E-state index contributed by atoms with van der Waals surface area (Å²) < 4.78 is 0. The first kappa shape index (κ1) is 24.8. The first-order chi connectivity index (χ1) is 16.6. The highest BCUT2D eigenvalue weighted by molar-refractivity contribution is 7.98. The summed E-state index contributed by atoms with van der Waals surface area (Å²) in [5.74, 6) is -1.79. The van der Waals surface area contributed by atoms with Crippen LogP contribution in [0.2, 0.25) is 0 Å². The number of hydrogen-bond acceptors (Lipinski definition) is 5. The molecule has 4 rings (SSSR count). The summed E-state index contributed by atoms with van der Waals surface area (Å²) in [6.07, 6.45) is 2.24. The van der Waals surface area contributed by atoms with E-state index in [0.29, 0.717) is 17.7 Å². The summed E-state index contributed by atoms with van der Waals surface area (Å²) in [6, 6.07) is 12.4. The Balaban J connectivity index is 1.51. The minimum Gasteiger partial charge on any atom is -0.481 e. The molecule has 0 unspecified atom stereocenters. The predicted molar refractivity (Wildman–Crippen MR) is 134 cm³/mol. The lowest BCUT2D eigenvalue weighted by Crippen LogP contribution is -2.41. The number of hydrogen-bond donors (Lipinski definition) is 3. The Bertz CT molecular complexity index is 1180. The van der Waals surface area contributed by atoms with Gasteiger partial charge in [0.15, 0.2) is 0 Å². The number of amides is 3. The van der Waals surface area contributed by atoms with E-state index in [-0.39, 0.29) is 43.1 Å². The lowest BCUT2D eigenvalue weighted by atomic mass is 9.85. The van der Waals surface area contributed by atoms with E-state index >= 15 is 0 Å². The molecule has 3 amide bonds. The molecule has 0 radical (unpaired) electrons. The molecule has 8 nitrogen and oxygen atoms in total. The number of nitrogens with one attached hydrogen (secondary N) is 2. The molecule has 0 bridgehead atoms. The zero-order valence-corrected chi connectivity index (χ0v) is 20.8. The van der Waals surface area contributed by atoms with Crippen molar-refractivity contribution in [3.8, 4) is 11.1 Å². The third-order valence-corrected chi connectivity index (χ3v) is 7.17. The fourth-order valence-corrected chi connectivity index (χ4v) is 5.17. The number of aliphatic carboxylic acids is 1. The summed E-state index contributed by atoms with van der Waals surface area (Å²) in [5.41, 5.74) is 2.05. The quantitative estimate of drug-likeness (QED) is 0.506. The molecule has 0 aliphatic carbocycles. The van der Waals surface area contributed by atoms with Crippen LogP contribution >= 0.6 is 11.8 Å². The minimum atomic E-state index is -0.961. The van der Waals surface area contributed by atoms with Crippen molar-refractivity contribution in [2.45, 2.75) is 50.1 Å². The van der Waals surface area contributed by atoms with Crippen LogP contribution in [0.25, 0.3) is 11.1 Å². The van der Waals surface area contributed by atoms with Crippen molar-refractivity contribution < 1.29 is 24.3 Å². The minimum absolute atomic E-state index is 0.0438. The zero-order valence-electron chi connectivity index (χ0n) is 20.0. The second-order valence-electron chi connectivity index (χ2n) is 9.86. The van der Waals surface area contributed by atoms with Gasteiger partial charge in [-0.25, -0.2) is 0 Å². The number of benzene rings is 2. The van der Waals surface area contributed by atoms with Crippen LogP contribution in [0.1, 0.15) is 43.5 Å². The molecule has 0 spiro atoms. The fourth-order valence-electron chi connectivity index (χ4n) is 4.76. The Morgan fingerprint density at radius 1 is 1.11 bits per heavy atom. The molecule has 0 aromatic heterocycles. The Morgan fingerprint density at radius 3 is 2.46 bits per heavy atom. The van der Waals surface area contributed by atoms with Gasteiger partial charge in [0.05, 0.1) is 17.7 Å². The monoisotopic (exact) mass is 495 g/mol. The Labute approximate surface area is 208 Å². The van der Waals surface area contributed by atoms with Crippen LogP contribution in [0.15, 0.2) is 47.4 Å². The molecule has 2 aromatic rings. The van der Waals surface area contributed by atoms with E-state index in [0.717, 1.165) is 16.0 Å². The summed E-state index contributed by atoms with van der Waals surface area (Å²) >= 11 is 1.65. The first-order valence-corrected chi connectivity index (χ1v) is 12.7. The third-order valence-electron chi connectivity index (χ3n) is 6.43. The molecule has 35 heavy (non-hydrogen) atoms. The van der Waals surface area contributed by atoms with Crippen molar-refractivity contribution >= 4 is 41.1 Å². The summed E-state index contributed by atoms with van der Waals surface area (Å²) in [6.45, 7) is 3.67. The molecule has 2 heterocycles.